The Morgan fingerprint density at radius 1 is 1.27 bits per heavy atom. The molecule has 0 aromatic heterocycles. The maximum absolute atomic E-state index is 12.4. The summed E-state index contributed by atoms with van der Waals surface area (Å²) in [6.07, 6.45) is 0.872. The zero-order chi connectivity index (χ0) is 15.5. The third-order valence-electron chi connectivity index (χ3n) is 4.04. The number of para-hydroxylation sites is 1. The molecule has 1 atom stereocenters. The Morgan fingerprint density at radius 2 is 2.09 bits per heavy atom. The molecule has 0 saturated carbocycles. The van der Waals surface area contributed by atoms with Crippen LogP contribution in [0, 0.1) is 11.3 Å². The van der Waals surface area contributed by atoms with E-state index in [2.05, 4.69) is 35.5 Å². The van der Waals surface area contributed by atoms with Crippen molar-refractivity contribution in [2.24, 2.45) is 0 Å². The van der Waals surface area contributed by atoms with Gasteiger partial charge in [-0.3, -0.25) is 4.79 Å². The summed E-state index contributed by atoms with van der Waals surface area (Å²) >= 11 is 0. The van der Waals surface area contributed by atoms with Crippen LogP contribution in [0.5, 0.6) is 0 Å². The molecule has 1 N–H and O–H groups in total. The number of hydrogen-bond donors (Lipinski definition) is 1. The summed E-state index contributed by atoms with van der Waals surface area (Å²) in [6.45, 7) is 0.903. The average Bonchev–Trinajstić information content (AvgIpc) is 2.57. The molecule has 0 radical (unpaired) electrons. The molecular formula is C18H17N3O. The van der Waals surface area contributed by atoms with Crippen LogP contribution < -0.4 is 10.2 Å². The van der Waals surface area contributed by atoms with Gasteiger partial charge in [-0.15, -0.1) is 0 Å². The Balaban J connectivity index is 1.83. The number of nitrogens with one attached hydrogen (secondary N) is 1. The number of rotatable bonds is 2. The van der Waals surface area contributed by atoms with E-state index in [1.165, 1.54) is 0 Å². The molecule has 2 aromatic carbocycles. The van der Waals surface area contributed by atoms with Gasteiger partial charge in [-0.2, -0.15) is 5.26 Å². The highest BCUT2D eigenvalue weighted by atomic mass is 16.1. The van der Waals surface area contributed by atoms with Gasteiger partial charge in [0.15, 0.2) is 0 Å². The second-order valence-electron chi connectivity index (χ2n) is 5.49. The molecule has 0 aliphatic carbocycles. The van der Waals surface area contributed by atoms with Gasteiger partial charge in [0.25, 0.3) is 5.91 Å². The number of carbonyl (C=O) groups excluding carboxylic acids is 1. The molecule has 0 fully saturated rings. The van der Waals surface area contributed by atoms with Crippen LogP contribution in [0.15, 0.2) is 48.5 Å². The zero-order valence-electron chi connectivity index (χ0n) is 12.4. The van der Waals surface area contributed by atoms with Gasteiger partial charge in [0.05, 0.1) is 17.7 Å². The predicted octanol–water partition coefficient (Wildman–Crippen LogP) is 2.87. The molecular weight excluding hydrogens is 274 g/mol. The summed E-state index contributed by atoms with van der Waals surface area (Å²) in [7, 11) is 2.06. The molecule has 4 heteroatoms. The van der Waals surface area contributed by atoms with Crippen LogP contribution in [0.3, 0.4) is 0 Å². The van der Waals surface area contributed by atoms with Crippen molar-refractivity contribution in [1.29, 1.82) is 5.26 Å². The van der Waals surface area contributed by atoms with E-state index in [0.29, 0.717) is 11.1 Å². The normalized spacial score (nSPS) is 16.5. The van der Waals surface area contributed by atoms with Gasteiger partial charge >= 0.3 is 0 Å². The molecule has 22 heavy (non-hydrogen) atoms. The smallest absolute Gasteiger partial charge is 0.251 e. The molecule has 1 amide bonds. The summed E-state index contributed by atoms with van der Waals surface area (Å²) in [6, 6.07) is 17.0. The van der Waals surface area contributed by atoms with Crippen molar-refractivity contribution in [3.05, 3.63) is 65.2 Å². The van der Waals surface area contributed by atoms with E-state index in [1.54, 1.807) is 24.3 Å². The number of amides is 1. The fourth-order valence-electron chi connectivity index (χ4n) is 2.85. The Labute approximate surface area is 130 Å². The summed E-state index contributed by atoms with van der Waals surface area (Å²) in [5, 5.41) is 12.0. The van der Waals surface area contributed by atoms with E-state index in [4.69, 9.17) is 5.26 Å². The van der Waals surface area contributed by atoms with Crippen LogP contribution >= 0.6 is 0 Å². The van der Waals surface area contributed by atoms with E-state index in [1.807, 2.05) is 12.1 Å². The zero-order valence-corrected chi connectivity index (χ0v) is 12.4. The van der Waals surface area contributed by atoms with Gasteiger partial charge in [0.2, 0.25) is 0 Å². The second-order valence-corrected chi connectivity index (χ2v) is 5.49. The summed E-state index contributed by atoms with van der Waals surface area (Å²) in [4.78, 5) is 14.6. The van der Waals surface area contributed by atoms with Crippen molar-refractivity contribution in [2.45, 2.75) is 12.5 Å². The molecule has 2 aromatic rings. The standard InChI is InChI=1S/C18H17N3O/c1-21-10-9-16(15-7-2-3-8-17(15)21)20-18(22)14-6-4-5-13(11-14)12-19/h2-8,11,16H,9-10H2,1H3,(H,20,22). The summed E-state index contributed by atoms with van der Waals surface area (Å²) in [5.74, 6) is -0.138. The lowest BCUT2D eigenvalue weighted by molar-refractivity contribution is 0.0934. The Kier molecular flexibility index (Phi) is 3.80. The maximum Gasteiger partial charge on any atom is 0.251 e. The number of carbonyl (C=O) groups is 1. The molecule has 1 aliphatic rings. The first kappa shape index (κ1) is 14.2. The third-order valence-corrected chi connectivity index (χ3v) is 4.04. The van der Waals surface area contributed by atoms with E-state index in [9.17, 15) is 4.79 Å². The minimum Gasteiger partial charge on any atom is -0.374 e. The molecule has 0 saturated heterocycles. The lowest BCUT2D eigenvalue weighted by atomic mass is 9.96. The topological polar surface area (TPSA) is 56.1 Å². The van der Waals surface area contributed by atoms with Gasteiger partial charge in [-0.25, -0.2) is 0 Å². The highest BCUT2D eigenvalue weighted by Crippen LogP contribution is 2.32. The van der Waals surface area contributed by atoms with Crippen molar-refractivity contribution in [2.75, 3.05) is 18.5 Å². The Bertz CT molecular complexity index is 748. The number of fused-ring (bicyclic) bond motifs is 1. The highest BCUT2D eigenvalue weighted by molar-refractivity contribution is 5.95. The Hall–Kier alpha value is -2.80. The van der Waals surface area contributed by atoms with Crippen LogP contribution in [0.4, 0.5) is 5.69 Å². The first-order valence-electron chi connectivity index (χ1n) is 7.30. The molecule has 110 valence electrons. The second kappa shape index (κ2) is 5.90. The number of nitriles is 1. The fourth-order valence-corrected chi connectivity index (χ4v) is 2.85. The van der Waals surface area contributed by atoms with Crippen LogP contribution in [0.2, 0.25) is 0 Å². The van der Waals surface area contributed by atoms with Gasteiger partial charge in [-0.05, 0) is 36.2 Å². The van der Waals surface area contributed by atoms with Gasteiger partial charge in [-0.1, -0.05) is 24.3 Å². The number of hydrogen-bond acceptors (Lipinski definition) is 3. The van der Waals surface area contributed by atoms with Crippen LogP contribution in [0.1, 0.15) is 33.9 Å². The van der Waals surface area contributed by atoms with E-state index in [-0.39, 0.29) is 11.9 Å². The van der Waals surface area contributed by atoms with E-state index >= 15 is 0 Å². The highest BCUT2D eigenvalue weighted by Gasteiger charge is 2.24. The molecule has 3 rings (SSSR count). The lowest BCUT2D eigenvalue weighted by Gasteiger charge is -2.33. The minimum atomic E-state index is -0.138. The number of benzene rings is 2. The fraction of sp³-hybridized carbons (Fsp3) is 0.222. The maximum atomic E-state index is 12.4. The SMILES string of the molecule is CN1CCC(NC(=O)c2cccc(C#N)c2)c2ccccc21. The van der Waals surface area contributed by atoms with Crippen LogP contribution in [-0.4, -0.2) is 19.5 Å². The average molecular weight is 291 g/mol. The predicted molar refractivity (Wildman–Crippen MR) is 85.7 cm³/mol. The molecule has 1 aliphatic heterocycles. The van der Waals surface area contributed by atoms with Crippen LogP contribution in [0.25, 0.3) is 0 Å². The quantitative estimate of drug-likeness (QED) is 0.925. The lowest BCUT2D eigenvalue weighted by Crippen LogP contribution is -2.36. The van der Waals surface area contributed by atoms with Crippen LogP contribution in [-0.2, 0) is 0 Å². The molecule has 0 spiro atoms. The molecule has 1 heterocycles. The Morgan fingerprint density at radius 3 is 2.91 bits per heavy atom. The van der Waals surface area contributed by atoms with E-state index < -0.39 is 0 Å². The largest absolute Gasteiger partial charge is 0.374 e. The first-order chi connectivity index (χ1) is 10.7. The van der Waals surface area contributed by atoms with E-state index in [0.717, 1.165) is 24.2 Å². The van der Waals surface area contributed by atoms with Gasteiger partial charge in [0, 0.05) is 24.8 Å². The first-order valence-corrected chi connectivity index (χ1v) is 7.30. The van der Waals surface area contributed by atoms with Crippen molar-refractivity contribution in [3.63, 3.8) is 0 Å². The molecule has 0 bridgehead atoms. The number of nitrogens with zero attached hydrogens (tertiary/aromatic N) is 2. The summed E-state index contributed by atoms with van der Waals surface area (Å²) < 4.78 is 0. The van der Waals surface area contributed by atoms with Crippen molar-refractivity contribution >= 4 is 11.6 Å². The third kappa shape index (κ3) is 2.66. The summed E-state index contributed by atoms with van der Waals surface area (Å²) in [5.41, 5.74) is 3.32. The van der Waals surface area contributed by atoms with Gasteiger partial charge < -0.3 is 10.2 Å². The van der Waals surface area contributed by atoms with Crippen molar-refractivity contribution < 1.29 is 4.79 Å². The molecule has 4 nitrogen and oxygen atoms in total. The van der Waals surface area contributed by atoms with Crippen molar-refractivity contribution in [1.82, 2.24) is 5.32 Å². The minimum absolute atomic E-state index is 0.00522. The van der Waals surface area contributed by atoms with Crippen molar-refractivity contribution in [3.8, 4) is 6.07 Å². The number of anilines is 1. The van der Waals surface area contributed by atoms with Gasteiger partial charge in [0.1, 0.15) is 0 Å². The monoisotopic (exact) mass is 291 g/mol. The molecule has 1 unspecified atom stereocenters.